The molecule has 0 saturated heterocycles. The van der Waals surface area contributed by atoms with Crippen LogP contribution in [0.15, 0.2) is 41.4 Å². The van der Waals surface area contributed by atoms with Crippen molar-refractivity contribution in [2.75, 3.05) is 0 Å². The molecule has 0 amide bonds. The number of aromatic nitrogens is 1. The Kier molecular flexibility index (Phi) is 4.16. The lowest BCUT2D eigenvalue weighted by Crippen LogP contribution is -2.14. The normalized spacial score (nSPS) is 10.9. The zero-order valence-corrected chi connectivity index (χ0v) is 11.5. The highest BCUT2D eigenvalue weighted by Crippen LogP contribution is 2.24. The van der Waals surface area contributed by atoms with Crippen molar-refractivity contribution in [1.29, 1.82) is 5.26 Å². The summed E-state index contributed by atoms with van der Waals surface area (Å²) < 4.78 is 41.3. The molecule has 0 aliphatic rings. The molecule has 0 spiro atoms. The van der Waals surface area contributed by atoms with Crippen LogP contribution in [0.25, 0.3) is 0 Å². The number of nitrogens with zero attached hydrogens (tertiary/aromatic N) is 2. The minimum atomic E-state index is -4.10. The number of halogens is 1. The van der Waals surface area contributed by atoms with Gasteiger partial charge in [-0.2, -0.15) is 5.26 Å². The van der Waals surface area contributed by atoms with E-state index in [0.29, 0.717) is 5.56 Å². The molecule has 0 aliphatic carbocycles. The van der Waals surface area contributed by atoms with Crippen molar-refractivity contribution in [3.8, 4) is 11.8 Å². The van der Waals surface area contributed by atoms with Crippen molar-refractivity contribution in [1.82, 2.24) is 4.98 Å². The molecule has 1 aromatic carbocycles. The van der Waals surface area contributed by atoms with Crippen LogP contribution in [-0.4, -0.2) is 13.4 Å². The van der Waals surface area contributed by atoms with Gasteiger partial charge in [0.1, 0.15) is 34.8 Å². The number of hydrogen-bond donors (Lipinski definition) is 1. The number of hydrogen-bond acceptors (Lipinski definition) is 5. The maximum Gasteiger partial charge on any atom is 0.241 e. The Balaban J connectivity index is 2.26. The van der Waals surface area contributed by atoms with Gasteiger partial charge in [-0.1, -0.05) is 0 Å². The molecule has 108 valence electrons. The van der Waals surface area contributed by atoms with Gasteiger partial charge in [-0.05, 0) is 35.9 Å². The van der Waals surface area contributed by atoms with Crippen LogP contribution in [0.2, 0.25) is 0 Å². The van der Waals surface area contributed by atoms with Crippen LogP contribution in [-0.2, 0) is 16.6 Å². The summed E-state index contributed by atoms with van der Waals surface area (Å²) in [5, 5.41) is 13.8. The van der Waals surface area contributed by atoms with Gasteiger partial charge in [0.25, 0.3) is 0 Å². The molecule has 0 atom stereocenters. The first-order valence-corrected chi connectivity index (χ1v) is 7.25. The number of ether oxygens (including phenoxy) is 1. The summed E-state index contributed by atoms with van der Waals surface area (Å²) in [6.45, 7) is -0.00858. The molecule has 2 aromatic rings. The van der Waals surface area contributed by atoms with Crippen LogP contribution in [0.4, 0.5) is 4.39 Å². The molecule has 0 bridgehead atoms. The molecule has 0 unspecified atom stereocenters. The Morgan fingerprint density at radius 3 is 2.76 bits per heavy atom. The van der Waals surface area contributed by atoms with E-state index in [-0.39, 0.29) is 18.1 Å². The summed E-state index contributed by atoms with van der Waals surface area (Å²) in [7, 11) is -4.10. The molecule has 6 nitrogen and oxygen atoms in total. The number of sulfonamides is 1. The molecular weight excluding hydrogens is 297 g/mol. The average molecular weight is 307 g/mol. The molecule has 2 rings (SSSR count). The maximum atomic E-state index is 13.1. The second kappa shape index (κ2) is 5.87. The predicted molar refractivity (Wildman–Crippen MR) is 71.1 cm³/mol. The number of rotatable bonds is 4. The summed E-state index contributed by atoms with van der Waals surface area (Å²) in [4.78, 5) is 3.37. The number of benzene rings is 1. The minimum Gasteiger partial charge on any atom is -0.487 e. The van der Waals surface area contributed by atoms with Crippen LogP contribution >= 0.6 is 0 Å². The number of pyridine rings is 1. The second-order valence-corrected chi connectivity index (χ2v) is 5.62. The monoisotopic (exact) mass is 307 g/mol. The van der Waals surface area contributed by atoms with Gasteiger partial charge in [-0.3, -0.25) is 0 Å². The Morgan fingerprint density at radius 1 is 1.33 bits per heavy atom. The first kappa shape index (κ1) is 14.9. The lowest BCUT2D eigenvalue weighted by Gasteiger charge is -2.10. The van der Waals surface area contributed by atoms with Gasteiger partial charge in [-0.15, -0.1) is 0 Å². The molecule has 2 N–H and O–H groups in total. The molecule has 1 aromatic heterocycles. The van der Waals surface area contributed by atoms with Gasteiger partial charge in [0, 0.05) is 6.20 Å². The molecule has 21 heavy (non-hydrogen) atoms. The summed E-state index contributed by atoms with van der Waals surface area (Å²) >= 11 is 0. The van der Waals surface area contributed by atoms with Gasteiger partial charge in [0.2, 0.25) is 10.0 Å². The van der Waals surface area contributed by atoms with Gasteiger partial charge in [-0.25, -0.2) is 22.9 Å². The molecule has 8 heteroatoms. The van der Waals surface area contributed by atoms with Crippen LogP contribution in [0.3, 0.4) is 0 Å². The third kappa shape index (κ3) is 3.75. The lowest BCUT2D eigenvalue weighted by atomic mass is 10.2. The van der Waals surface area contributed by atoms with Gasteiger partial charge in [0.05, 0.1) is 0 Å². The topological polar surface area (TPSA) is 106 Å². The summed E-state index contributed by atoms with van der Waals surface area (Å²) in [5.74, 6) is -0.795. The van der Waals surface area contributed by atoms with Crippen molar-refractivity contribution in [3.05, 3.63) is 53.6 Å². The fourth-order valence-corrected chi connectivity index (χ4v) is 2.29. The average Bonchev–Trinajstić information content (AvgIpc) is 2.45. The van der Waals surface area contributed by atoms with Crippen LogP contribution < -0.4 is 9.88 Å². The zero-order chi connectivity index (χ0) is 15.5. The van der Waals surface area contributed by atoms with E-state index in [1.165, 1.54) is 18.3 Å². The quantitative estimate of drug-likeness (QED) is 0.916. The van der Waals surface area contributed by atoms with E-state index < -0.39 is 20.7 Å². The molecule has 0 aliphatic heterocycles. The van der Waals surface area contributed by atoms with Gasteiger partial charge >= 0.3 is 0 Å². The van der Waals surface area contributed by atoms with E-state index in [4.69, 9.17) is 15.1 Å². The molecular formula is C13H10FN3O3S. The zero-order valence-electron chi connectivity index (χ0n) is 10.7. The molecule has 1 heterocycles. The molecule has 0 fully saturated rings. The fourth-order valence-electron chi connectivity index (χ4n) is 1.61. The smallest absolute Gasteiger partial charge is 0.241 e. The van der Waals surface area contributed by atoms with Crippen molar-refractivity contribution < 1.29 is 17.5 Å². The van der Waals surface area contributed by atoms with Crippen LogP contribution in [0.1, 0.15) is 11.3 Å². The Bertz CT molecular complexity index is 816. The van der Waals surface area contributed by atoms with E-state index in [1.807, 2.05) is 6.07 Å². The third-order valence-corrected chi connectivity index (χ3v) is 3.48. The van der Waals surface area contributed by atoms with Crippen molar-refractivity contribution in [2.24, 2.45) is 5.14 Å². The predicted octanol–water partition coefficient (Wildman–Crippen LogP) is 1.32. The van der Waals surface area contributed by atoms with E-state index in [1.54, 1.807) is 6.07 Å². The van der Waals surface area contributed by atoms with Crippen molar-refractivity contribution in [2.45, 2.75) is 11.5 Å². The largest absolute Gasteiger partial charge is 0.487 e. The highest BCUT2D eigenvalue weighted by Gasteiger charge is 2.16. The number of primary sulfonamides is 1. The first-order valence-electron chi connectivity index (χ1n) is 5.70. The first-order chi connectivity index (χ1) is 9.90. The Labute approximate surface area is 120 Å². The van der Waals surface area contributed by atoms with Gasteiger partial charge in [0.15, 0.2) is 0 Å². The van der Waals surface area contributed by atoms with E-state index in [9.17, 15) is 12.8 Å². The van der Waals surface area contributed by atoms with Crippen LogP contribution in [0, 0.1) is 17.1 Å². The molecule has 0 saturated carbocycles. The maximum absolute atomic E-state index is 13.1. The highest BCUT2D eigenvalue weighted by molar-refractivity contribution is 7.89. The Hall–Kier alpha value is -2.50. The summed E-state index contributed by atoms with van der Waals surface area (Å²) in [6, 6.07) is 8.03. The Morgan fingerprint density at radius 2 is 2.10 bits per heavy atom. The minimum absolute atomic E-state index is 0.00858. The number of nitriles is 1. The summed E-state index contributed by atoms with van der Waals surface area (Å²) in [5.41, 5.74) is 0.827. The van der Waals surface area contributed by atoms with Crippen molar-refractivity contribution >= 4 is 10.0 Å². The number of nitrogens with two attached hydrogens (primary N) is 1. The standard InChI is InChI=1S/C13H10FN3O3S/c14-10-1-2-12(13(6-10)21(16,18)19)20-8-9-3-4-17-11(5-9)7-15/h1-6H,8H2,(H2,16,18,19). The fraction of sp³-hybridized carbons (Fsp3) is 0.0769. The molecule has 0 radical (unpaired) electrons. The van der Waals surface area contributed by atoms with E-state index in [2.05, 4.69) is 4.98 Å². The van der Waals surface area contributed by atoms with E-state index in [0.717, 1.165) is 12.1 Å². The van der Waals surface area contributed by atoms with E-state index >= 15 is 0 Å². The van der Waals surface area contributed by atoms with Gasteiger partial charge < -0.3 is 4.74 Å². The van der Waals surface area contributed by atoms with Crippen molar-refractivity contribution in [3.63, 3.8) is 0 Å². The third-order valence-electron chi connectivity index (χ3n) is 2.55. The SMILES string of the molecule is N#Cc1cc(COc2ccc(F)cc2S(N)(=O)=O)ccn1. The summed E-state index contributed by atoms with van der Waals surface area (Å²) in [6.07, 6.45) is 1.43. The highest BCUT2D eigenvalue weighted by atomic mass is 32.2. The lowest BCUT2D eigenvalue weighted by molar-refractivity contribution is 0.297. The second-order valence-electron chi connectivity index (χ2n) is 4.09. The van der Waals surface area contributed by atoms with Crippen LogP contribution in [0.5, 0.6) is 5.75 Å².